The number of rotatable bonds is 5. The van der Waals surface area contributed by atoms with Crippen LogP contribution >= 0.6 is 0 Å². The second-order valence-corrected chi connectivity index (χ2v) is 4.62. The molecular weight excluding hydrogens is 226 g/mol. The number of amides is 1. The lowest BCUT2D eigenvalue weighted by atomic mass is 10.1. The molecule has 0 spiro atoms. The zero-order chi connectivity index (χ0) is 13.7. The van der Waals surface area contributed by atoms with Gasteiger partial charge in [0.25, 0.3) is 0 Å². The molecule has 0 radical (unpaired) electrons. The van der Waals surface area contributed by atoms with Crippen molar-refractivity contribution in [3.05, 3.63) is 29.3 Å². The van der Waals surface area contributed by atoms with E-state index in [1.54, 1.807) is 19.0 Å². The van der Waals surface area contributed by atoms with Gasteiger partial charge in [0, 0.05) is 32.9 Å². The third kappa shape index (κ3) is 3.47. The van der Waals surface area contributed by atoms with Crippen LogP contribution in [0.4, 0.5) is 5.69 Å². The molecule has 100 valence electrons. The van der Waals surface area contributed by atoms with E-state index in [1.165, 1.54) is 5.56 Å². The molecule has 0 aliphatic rings. The highest BCUT2D eigenvalue weighted by atomic mass is 16.2. The fourth-order valence-electron chi connectivity index (χ4n) is 1.80. The molecule has 1 aromatic carbocycles. The average molecular weight is 249 g/mol. The van der Waals surface area contributed by atoms with Gasteiger partial charge in [-0.15, -0.1) is 0 Å². The summed E-state index contributed by atoms with van der Waals surface area (Å²) in [4.78, 5) is 15.4. The summed E-state index contributed by atoms with van der Waals surface area (Å²) in [5.41, 5.74) is 9.05. The molecule has 0 aliphatic heterocycles. The van der Waals surface area contributed by atoms with Gasteiger partial charge in [0.15, 0.2) is 0 Å². The summed E-state index contributed by atoms with van der Waals surface area (Å²) >= 11 is 0. The third-order valence-corrected chi connectivity index (χ3v) is 3.12. The molecule has 0 unspecified atom stereocenters. The van der Waals surface area contributed by atoms with Crippen LogP contribution in [0.25, 0.3) is 0 Å². The molecule has 4 nitrogen and oxygen atoms in total. The number of likely N-dealkylation sites (N-methyl/N-ethyl adjacent to an activating group) is 2. The smallest absolute Gasteiger partial charge is 0.241 e. The number of anilines is 1. The topological polar surface area (TPSA) is 49.6 Å². The van der Waals surface area contributed by atoms with Gasteiger partial charge in [-0.1, -0.05) is 6.07 Å². The number of nitrogens with zero attached hydrogens (tertiary/aromatic N) is 2. The maximum absolute atomic E-state index is 11.8. The van der Waals surface area contributed by atoms with Crippen molar-refractivity contribution in [1.29, 1.82) is 0 Å². The number of benzene rings is 1. The Hall–Kier alpha value is -1.55. The van der Waals surface area contributed by atoms with Crippen LogP contribution in [-0.2, 0) is 11.3 Å². The Morgan fingerprint density at radius 1 is 1.33 bits per heavy atom. The van der Waals surface area contributed by atoms with Crippen molar-refractivity contribution in [3.63, 3.8) is 0 Å². The first-order valence-corrected chi connectivity index (χ1v) is 6.24. The van der Waals surface area contributed by atoms with Crippen molar-refractivity contribution < 1.29 is 4.79 Å². The molecule has 0 fully saturated rings. The molecule has 4 heteroatoms. The Morgan fingerprint density at radius 2 is 2.00 bits per heavy atom. The summed E-state index contributed by atoms with van der Waals surface area (Å²) in [5.74, 6) is 0.109. The Balaban J connectivity index is 2.88. The Bertz CT molecular complexity index is 416. The van der Waals surface area contributed by atoms with E-state index in [4.69, 9.17) is 5.73 Å². The monoisotopic (exact) mass is 249 g/mol. The lowest BCUT2D eigenvalue weighted by Gasteiger charge is -2.25. The minimum Gasteiger partial charge on any atom is -0.362 e. The SMILES string of the molecule is CCN(CC(=O)N(C)C)c1ccc(CN)c(C)c1. The average Bonchev–Trinajstić information content (AvgIpc) is 2.35. The highest BCUT2D eigenvalue weighted by molar-refractivity contribution is 5.81. The van der Waals surface area contributed by atoms with E-state index in [2.05, 4.69) is 17.9 Å². The normalized spacial score (nSPS) is 10.3. The van der Waals surface area contributed by atoms with Crippen molar-refractivity contribution in [1.82, 2.24) is 4.90 Å². The molecule has 1 rings (SSSR count). The van der Waals surface area contributed by atoms with Gasteiger partial charge >= 0.3 is 0 Å². The van der Waals surface area contributed by atoms with Crippen LogP contribution in [0.2, 0.25) is 0 Å². The molecule has 1 aromatic rings. The minimum atomic E-state index is 0.109. The zero-order valence-corrected chi connectivity index (χ0v) is 11.7. The molecule has 0 heterocycles. The number of carbonyl (C=O) groups is 1. The van der Waals surface area contributed by atoms with E-state index in [9.17, 15) is 4.79 Å². The second-order valence-electron chi connectivity index (χ2n) is 4.62. The van der Waals surface area contributed by atoms with E-state index in [-0.39, 0.29) is 5.91 Å². The number of hydrogen-bond acceptors (Lipinski definition) is 3. The molecule has 0 saturated heterocycles. The van der Waals surface area contributed by atoms with E-state index in [0.29, 0.717) is 13.1 Å². The van der Waals surface area contributed by atoms with E-state index < -0.39 is 0 Å². The molecule has 0 aliphatic carbocycles. The van der Waals surface area contributed by atoms with Crippen molar-refractivity contribution >= 4 is 11.6 Å². The Kier molecular flexibility index (Phi) is 5.16. The Morgan fingerprint density at radius 3 is 2.44 bits per heavy atom. The van der Waals surface area contributed by atoms with Gasteiger partial charge in [-0.25, -0.2) is 0 Å². The lowest BCUT2D eigenvalue weighted by molar-refractivity contribution is -0.127. The minimum absolute atomic E-state index is 0.109. The van der Waals surface area contributed by atoms with E-state index >= 15 is 0 Å². The zero-order valence-electron chi connectivity index (χ0n) is 11.7. The first-order valence-electron chi connectivity index (χ1n) is 6.24. The van der Waals surface area contributed by atoms with Gasteiger partial charge in [0.05, 0.1) is 6.54 Å². The molecule has 0 saturated carbocycles. The van der Waals surface area contributed by atoms with Crippen LogP contribution in [0.1, 0.15) is 18.1 Å². The lowest BCUT2D eigenvalue weighted by Crippen LogP contribution is -2.36. The fraction of sp³-hybridized carbons (Fsp3) is 0.500. The van der Waals surface area contributed by atoms with Crippen molar-refractivity contribution in [2.45, 2.75) is 20.4 Å². The molecule has 2 N–H and O–H groups in total. The molecule has 0 aromatic heterocycles. The van der Waals surface area contributed by atoms with E-state index in [0.717, 1.165) is 17.8 Å². The van der Waals surface area contributed by atoms with Crippen LogP contribution in [-0.4, -0.2) is 38.0 Å². The van der Waals surface area contributed by atoms with Gasteiger partial charge in [0.2, 0.25) is 5.91 Å². The molecule has 0 bridgehead atoms. The summed E-state index contributed by atoms with van der Waals surface area (Å²) in [6, 6.07) is 6.16. The molecule has 1 amide bonds. The van der Waals surface area contributed by atoms with Crippen LogP contribution in [0.5, 0.6) is 0 Å². The number of nitrogens with two attached hydrogens (primary N) is 1. The quantitative estimate of drug-likeness (QED) is 0.857. The number of carbonyl (C=O) groups excluding carboxylic acids is 1. The fourth-order valence-corrected chi connectivity index (χ4v) is 1.80. The predicted octanol–water partition coefficient (Wildman–Crippen LogP) is 1.37. The molecular formula is C14H23N3O. The standard InChI is InChI=1S/C14H23N3O/c1-5-17(10-14(18)16(3)4)13-7-6-12(9-15)11(2)8-13/h6-8H,5,9-10,15H2,1-4H3. The van der Waals surface area contributed by atoms with Gasteiger partial charge in [-0.05, 0) is 37.1 Å². The number of hydrogen-bond donors (Lipinski definition) is 1. The summed E-state index contributed by atoms with van der Waals surface area (Å²) in [6.07, 6.45) is 0. The summed E-state index contributed by atoms with van der Waals surface area (Å²) in [7, 11) is 3.55. The van der Waals surface area contributed by atoms with Gasteiger partial charge in [-0.3, -0.25) is 4.79 Å². The van der Waals surface area contributed by atoms with E-state index in [1.807, 2.05) is 19.1 Å². The van der Waals surface area contributed by atoms with Crippen LogP contribution in [0.15, 0.2) is 18.2 Å². The van der Waals surface area contributed by atoms with Gasteiger partial charge < -0.3 is 15.5 Å². The third-order valence-electron chi connectivity index (χ3n) is 3.12. The number of aryl methyl sites for hydroxylation is 1. The predicted molar refractivity (Wildman–Crippen MR) is 75.7 cm³/mol. The van der Waals surface area contributed by atoms with Crippen molar-refractivity contribution in [3.8, 4) is 0 Å². The highest BCUT2D eigenvalue weighted by Crippen LogP contribution is 2.19. The maximum atomic E-state index is 11.8. The van der Waals surface area contributed by atoms with Gasteiger partial charge in [0.1, 0.15) is 0 Å². The highest BCUT2D eigenvalue weighted by Gasteiger charge is 2.12. The second kappa shape index (κ2) is 6.40. The van der Waals surface area contributed by atoms with Gasteiger partial charge in [-0.2, -0.15) is 0 Å². The maximum Gasteiger partial charge on any atom is 0.241 e. The first kappa shape index (κ1) is 14.5. The summed E-state index contributed by atoms with van der Waals surface area (Å²) in [5, 5.41) is 0. The Labute approximate surface area is 109 Å². The summed E-state index contributed by atoms with van der Waals surface area (Å²) < 4.78 is 0. The van der Waals surface area contributed by atoms with Crippen LogP contribution in [0.3, 0.4) is 0 Å². The van der Waals surface area contributed by atoms with Crippen LogP contribution in [0, 0.1) is 6.92 Å². The van der Waals surface area contributed by atoms with Crippen molar-refractivity contribution in [2.24, 2.45) is 5.73 Å². The molecule has 18 heavy (non-hydrogen) atoms. The molecule has 0 atom stereocenters. The summed E-state index contributed by atoms with van der Waals surface area (Å²) in [6.45, 7) is 5.86. The first-order chi connectivity index (χ1) is 8.49. The largest absolute Gasteiger partial charge is 0.362 e. The van der Waals surface area contributed by atoms with Crippen molar-refractivity contribution in [2.75, 3.05) is 32.1 Å². The van der Waals surface area contributed by atoms with Crippen LogP contribution < -0.4 is 10.6 Å².